The van der Waals surface area contributed by atoms with Crippen molar-refractivity contribution < 1.29 is 28.7 Å². The van der Waals surface area contributed by atoms with Crippen LogP contribution in [0.3, 0.4) is 0 Å². The van der Waals surface area contributed by atoms with Gasteiger partial charge in [0.1, 0.15) is 12.6 Å². The van der Waals surface area contributed by atoms with E-state index in [9.17, 15) is 19.2 Å². The van der Waals surface area contributed by atoms with Crippen LogP contribution in [0.2, 0.25) is 0 Å². The van der Waals surface area contributed by atoms with E-state index in [1.165, 1.54) is 18.9 Å². The van der Waals surface area contributed by atoms with Gasteiger partial charge in [0.25, 0.3) is 11.8 Å². The summed E-state index contributed by atoms with van der Waals surface area (Å²) in [7, 11) is 1.25. The SMILES string of the molecule is COC(=O)N[C@H]1CSC[C@H]1OC(=O)CN1C(=O)c2ccccc2C1=O. The van der Waals surface area contributed by atoms with Gasteiger partial charge in [0, 0.05) is 11.5 Å². The van der Waals surface area contributed by atoms with Crippen molar-refractivity contribution in [3.63, 3.8) is 0 Å². The van der Waals surface area contributed by atoms with Crippen molar-refractivity contribution in [1.82, 2.24) is 10.2 Å². The molecular formula is C16H16N2O6S. The third-order valence-corrected chi connectivity index (χ3v) is 5.12. The lowest BCUT2D eigenvalue weighted by Gasteiger charge is -2.21. The summed E-state index contributed by atoms with van der Waals surface area (Å²) in [4.78, 5) is 48.9. The van der Waals surface area contributed by atoms with Crippen LogP contribution in [0.25, 0.3) is 0 Å². The molecule has 3 amide bonds. The number of methoxy groups -OCH3 is 1. The Morgan fingerprint density at radius 3 is 2.44 bits per heavy atom. The number of ether oxygens (including phenoxy) is 2. The van der Waals surface area contributed by atoms with E-state index in [-0.39, 0.29) is 17.2 Å². The quantitative estimate of drug-likeness (QED) is 0.619. The molecule has 2 aliphatic rings. The zero-order valence-corrected chi connectivity index (χ0v) is 14.2. The smallest absolute Gasteiger partial charge is 0.407 e. The summed E-state index contributed by atoms with van der Waals surface area (Å²) in [5, 5.41) is 2.60. The zero-order chi connectivity index (χ0) is 18.0. The Labute approximate surface area is 147 Å². The lowest BCUT2D eigenvalue weighted by Crippen LogP contribution is -2.46. The number of benzene rings is 1. The lowest BCUT2D eigenvalue weighted by molar-refractivity contribution is -0.149. The van der Waals surface area contributed by atoms with E-state index in [1.54, 1.807) is 24.3 Å². The predicted octanol–water partition coefficient (Wildman–Crippen LogP) is 0.666. The summed E-state index contributed by atoms with van der Waals surface area (Å²) < 4.78 is 9.89. The molecule has 25 heavy (non-hydrogen) atoms. The van der Waals surface area contributed by atoms with Gasteiger partial charge in [0.15, 0.2) is 0 Å². The molecule has 1 saturated heterocycles. The second-order valence-corrected chi connectivity index (χ2v) is 6.63. The van der Waals surface area contributed by atoms with E-state index in [4.69, 9.17) is 4.74 Å². The first-order chi connectivity index (χ1) is 12.0. The van der Waals surface area contributed by atoms with Crippen molar-refractivity contribution in [3.05, 3.63) is 35.4 Å². The second kappa shape index (κ2) is 7.14. The van der Waals surface area contributed by atoms with E-state index >= 15 is 0 Å². The summed E-state index contributed by atoms with van der Waals surface area (Å²) in [6.45, 7) is -0.460. The van der Waals surface area contributed by atoms with Gasteiger partial charge in [-0.1, -0.05) is 12.1 Å². The van der Waals surface area contributed by atoms with Crippen molar-refractivity contribution >= 4 is 35.6 Å². The number of imide groups is 1. The number of esters is 1. The Bertz CT molecular complexity index is 702. The molecule has 0 radical (unpaired) electrons. The minimum Gasteiger partial charge on any atom is -0.458 e. The molecule has 3 rings (SSSR count). The van der Waals surface area contributed by atoms with Gasteiger partial charge in [-0.3, -0.25) is 19.3 Å². The topological polar surface area (TPSA) is 102 Å². The minimum atomic E-state index is -0.696. The largest absolute Gasteiger partial charge is 0.458 e. The predicted molar refractivity (Wildman–Crippen MR) is 88.3 cm³/mol. The van der Waals surface area contributed by atoms with Gasteiger partial charge < -0.3 is 14.8 Å². The highest BCUT2D eigenvalue weighted by molar-refractivity contribution is 7.99. The number of nitrogens with zero attached hydrogens (tertiary/aromatic N) is 1. The van der Waals surface area contributed by atoms with Gasteiger partial charge in [-0.2, -0.15) is 11.8 Å². The molecule has 2 atom stereocenters. The lowest BCUT2D eigenvalue weighted by atomic mass is 10.1. The molecule has 132 valence electrons. The standard InChI is InChI=1S/C16H16N2O6S/c1-23-16(22)17-11-7-25-8-12(11)24-13(19)6-18-14(20)9-4-2-3-5-10(9)15(18)21/h2-5,11-12H,6-8H2,1H3,(H,17,22)/t11-,12+/m0/s1. The van der Waals surface area contributed by atoms with Crippen molar-refractivity contribution in [2.75, 3.05) is 25.2 Å². The molecule has 2 aliphatic heterocycles. The first-order valence-electron chi connectivity index (χ1n) is 7.58. The Hall–Kier alpha value is -2.55. The first kappa shape index (κ1) is 17.3. The molecule has 8 nitrogen and oxygen atoms in total. The Morgan fingerprint density at radius 1 is 1.20 bits per heavy atom. The molecule has 0 spiro atoms. The molecule has 2 heterocycles. The molecule has 0 bridgehead atoms. The number of carbonyl (C=O) groups is 4. The fraction of sp³-hybridized carbons (Fsp3) is 0.375. The van der Waals surface area contributed by atoms with Gasteiger partial charge >= 0.3 is 12.1 Å². The molecule has 1 aromatic carbocycles. The van der Waals surface area contributed by atoms with Gasteiger partial charge in [-0.05, 0) is 12.1 Å². The summed E-state index contributed by atoms with van der Waals surface area (Å²) in [5.74, 6) is -0.619. The van der Waals surface area contributed by atoms with Crippen molar-refractivity contribution in [2.45, 2.75) is 12.1 Å². The zero-order valence-electron chi connectivity index (χ0n) is 13.4. The summed E-state index contributed by atoms with van der Waals surface area (Å²) in [6.07, 6.45) is -1.14. The Kier molecular flexibility index (Phi) is 4.93. The highest BCUT2D eigenvalue weighted by atomic mass is 32.2. The van der Waals surface area contributed by atoms with E-state index in [2.05, 4.69) is 10.1 Å². The molecule has 1 fully saturated rings. The van der Waals surface area contributed by atoms with Gasteiger partial charge in [-0.15, -0.1) is 0 Å². The summed E-state index contributed by atoms with van der Waals surface area (Å²) in [5.41, 5.74) is 0.559. The third-order valence-electron chi connectivity index (χ3n) is 3.97. The molecule has 0 unspecified atom stereocenters. The Morgan fingerprint density at radius 2 is 1.84 bits per heavy atom. The fourth-order valence-corrected chi connectivity index (χ4v) is 3.93. The monoisotopic (exact) mass is 364 g/mol. The van der Waals surface area contributed by atoms with Crippen molar-refractivity contribution in [3.8, 4) is 0 Å². The van der Waals surface area contributed by atoms with Gasteiger partial charge in [0.05, 0.1) is 24.3 Å². The van der Waals surface area contributed by atoms with Crippen LogP contribution < -0.4 is 5.32 Å². The molecule has 1 aromatic rings. The van der Waals surface area contributed by atoms with E-state index in [0.29, 0.717) is 11.5 Å². The van der Waals surface area contributed by atoms with Crippen molar-refractivity contribution in [1.29, 1.82) is 0 Å². The first-order valence-corrected chi connectivity index (χ1v) is 8.73. The van der Waals surface area contributed by atoms with Crippen LogP contribution in [0.5, 0.6) is 0 Å². The number of hydrogen-bond acceptors (Lipinski definition) is 7. The number of fused-ring (bicyclic) bond motifs is 1. The van der Waals surface area contributed by atoms with Crippen LogP contribution in [-0.4, -0.2) is 66.1 Å². The number of alkyl carbamates (subject to hydrolysis) is 1. The van der Waals surface area contributed by atoms with Crippen LogP contribution in [0.4, 0.5) is 4.79 Å². The molecule has 0 aromatic heterocycles. The second-order valence-electron chi connectivity index (χ2n) is 5.55. The van der Waals surface area contributed by atoms with Gasteiger partial charge in [-0.25, -0.2) is 4.79 Å². The highest BCUT2D eigenvalue weighted by Gasteiger charge is 2.38. The van der Waals surface area contributed by atoms with Crippen LogP contribution >= 0.6 is 11.8 Å². The number of rotatable bonds is 4. The van der Waals surface area contributed by atoms with Gasteiger partial charge in [0.2, 0.25) is 0 Å². The maximum Gasteiger partial charge on any atom is 0.407 e. The molecular weight excluding hydrogens is 348 g/mol. The minimum absolute atomic E-state index is 0.280. The number of hydrogen-bond donors (Lipinski definition) is 1. The summed E-state index contributed by atoms with van der Waals surface area (Å²) >= 11 is 1.52. The molecule has 9 heteroatoms. The number of nitrogens with one attached hydrogen (secondary N) is 1. The highest BCUT2D eigenvalue weighted by Crippen LogP contribution is 2.24. The number of thioether (sulfide) groups is 1. The van der Waals surface area contributed by atoms with Crippen LogP contribution in [0, 0.1) is 0 Å². The molecule has 0 aliphatic carbocycles. The van der Waals surface area contributed by atoms with Crippen molar-refractivity contribution in [2.24, 2.45) is 0 Å². The Balaban J connectivity index is 1.61. The molecule has 0 saturated carbocycles. The average molecular weight is 364 g/mol. The molecule has 1 N–H and O–H groups in total. The number of carbonyl (C=O) groups excluding carboxylic acids is 4. The van der Waals surface area contributed by atoms with Crippen LogP contribution in [-0.2, 0) is 14.3 Å². The van der Waals surface area contributed by atoms with E-state index < -0.39 is 36.5 Å². The van der Waals surface area contributed by atoms with E-state index in [0.717, 1.165) is 4.90 Å². The third kappa shape index (κ3) is 3.46. The van der Waals surface area contributed by atoms with Crippen LogP contribution in [0.15, 0.2) is 24.3 Å². The number of amides is 3. The maximum atomic E-state index is 12.2. The van der Waals surface area contributed by atoms with E-state index in [1.807, 2.05) is 0 Å². The average Bonchev–Trinajstić information content (AvgIpc) is 3.13. The fourth-order valence-electron chi connectivity index (χ4n) is 2.71. The van der Waals surface area contributed by atoms with Crippen LogP contribution in [0.1, 0.15) is 20.7 Å². The normalized spacial score (nSPS) is 21.9. The maximum absolute atomic E-state index is 12.2. The summed E-state index contributed by atoms with van der Waals surface area (Å²) in [6, 6.07) is 6.04.